The van der Waals surface area contributed by atoms with Crippen molar-refractivity contribution in [1.82, 2.24) is 4.90 Å². The topological polar surface area (TPSA) is 49.5 Å². The monoisotopic (exact) mass is 352 g/mol. The van der Waals surface area contributed by atoms with E-state index in [1.54, 1.807) is 0 Å². The fraction of sp³-hybridized carbons (Fsp3) is 0.647. The van der Waals surface area contributed by atoms with Crippen LogP contribution in [0.5, 0.6) is 0 Å². The highest BCUT2D eigenvalue weighted by molar-refractivity contribution is 9.10. The molecule has 3 atom stereocenters. The molecule has 3 unspecified atom stereocenters. The molecule has 3 rings (SSSR count). The van der Waals surface area contributed by atoms with E-state index >= 15 is 0 Å². The van der Waals surface area contributed by atoms with E-state index in [-0.39, 0.29) is 6.04 Å². The molecule has 21 heavy (non-hydrogen) atoms. The van der Waals surface area contributed by atoms with Crippen molar-refractivity contribution in [2.45, 2.75) is 43.7 Å². The first kappa shape index (κ1) is 15.5. The van der Waals surface area contributed by atoms with Gasteiger partial charge in [0.05, 0.1) is 5.60 Å². The van der Waals surface area contributed by atoms with Crippen LogP contribution in [-0.4, -0.2) is 35.2 Å². The number of nitrogens with two attached hydrogens (primary N) is 1. The standard InChI is InChI=1S/C17H25BrN2O/c18-15-6-4-13(5-7-15)16(11-19)20-10-9-17(21)8-2-1-3-14(17)12-20/h4-7,14,16,21H,1-3,8-12,19H2. The van der Waals surface area contributed by atoms with Gasteiger partial charge in [-0.2, -0.15) is 0 Å². The average Bonchev–Trinajstić information content (AvgIpc) is 2.50. The van der Waals surface area contributed by atoms with Crippen molar-refractivity contribution in [1.29, 1.82) is 0 Å². The second kappa shape index (κ2) is 6.37. The highest BCUT2D eigenvalue weighted by atomic mass is 79.9. The number of hydrogen-bond acceptors (Lipinski definition) is 3. The lowest BCUT2D eigenvalue weighted by atomic mass is 9.71. The van der Waals surface area contributed by atoms with Gasteiger partial charge in [-0.15, -0.1) is 0 Å². The molecule has 2 fully saturated rings. The van der Waals surface area contributed by atoms with Crippen molar-refractivity contribution in [3.05, 3.63) is 34.3 Å². The van der Waals surface area contributed by atoms with Crippen LogP contribution in [0.4, 0.5) is 0 Å². The Kier molecular flexibility index (Phi) is 4.69. The Hall–Kier alpha value is -0.420. The van der Waals surface area contributed by atoms with Gasteiger partial charge in [0.1, 0.15) is 0 Å². The molecule has 0 radical (unpaired) electrons. The van der Waals surface area contributed by atoms with Crippen molar-refractivity contribution in [2.24, 2.45) is 11.7 Å². The molecule has 1 aliphatic carbocycles. The highest BCUT2D eigenvalue weighted by Crippen LogP contribution is 2.41. The summed E-state index contributed by atoms with van der Waals surface area (Å²) in [5.41, 5.74) is 6.93. The average molecular weight is 353 g/mol. The minimum absolute atomic E-state index is 0.268. The molecule has 1 saturated carbocycles. The van der Waals surface area contributed by atoms with Gasteiger partial charge in [-0.05, 0) is 37.0 Å². The van der Waals surface area contributed by atoms with Crippen LogP contribution in [0, 0.1) is 5.92 Å². The van der Waals surface area contributed by atoms with Gasteiger partial charge in [0.2, 0.25) is 0 Å². The molecule has 0 spiro atoms. The Morgan fingerprint density at radius 2 is 2.05 bits per heavy atom. The lowest BCUT2D eigenvalue weighted by Crippen LogP contribution is -2.54. The van der Waals surface area contributed by atoms with Crippen molar-refractivity contribution < 1.29 is 5.11 Å². The predicted molar refractivity (Wildman–Crippen MR) is 89.0 cm³/mol. The maximum absolute atomic E-state index is 10.8. The van der Waals surface area contributed by atoms with Gasteiger partial charge in [-0.3, -0.25) is 4.90 Å². The summed E-state index contributed by atoms with van der Waals surface area (Å²) < 4.78 is 1.10. The van der Waals surface area contributed by atoms with E-state index in [0.29, 0.717) is 12.5 Å². The first-order valence-electron chi connectivity index (χ1n) is 8.04. The molecule has 2 aliphatic rings. The van der Waals surface area contributed by atoms with E-state index in [2.05, 4.69) is 45.1 Å². The third-order valence-electron chi connectivity index (χ3n) is 5.38. The first-order chi connectivity index (χ1) is 10.1. The molecule has 1 aromatic carbocycles. The van der Waals surface area contributed by atoms with E-state index < -0.39 is 5.60 Å². The number of benzene rings is 1. The summed E-state index contributed by atoms with van der Waals surface area (Å²) in [4.78, 5) is 2.48. The summed E-state index contributed by atoms with van der Waals surface area (Å²) in [6.45, 7) is 2.56. The predicted octanol–water partition coefficient (Wildman–Crippen LogP) is 3.08. The van der Waals surface area contributed by atoms with E-state index in [4.69, 9.17) is 5.73 Å². The van der Waals surface area contributed by atoms with E-state index in [1.807, 2.05) is 0 Å². The fourth-order valence-corrected chi connectivity index (χ4v) is 4.32. The van der Waals surface area contributed by atoms with Crippen LogP contribution in [0.3, 0.4) is 0 Å². The molecule has 4 heteroatoms. The summed E-state index contributed by atoms with van der Waals surface area (Å²) in [6.07, 6.45) is 5.47. The highest BCUT2D eigenvalue weighted by Gasteiger charge is 2.43. The van der Waals surface area contributed by atoms with Gasteiger partial charge in [0.15, 0.2) is 0 Å². The minimum Gasteiger partial charge on any atom is -0.390 e. The van der Waals surface area contributed by atoms with Crippen LogP contribution >= 0.6 is 15.9 Å². The number of nitrogens with zero attached hydrogens (tertiary/aromatic N) is 1. The van der Waals surface area contributed by atoms with Crippen LogP contribution in [0.15, 0.2) is 28.7 Å². The van der Waals surface area contributed by atoms with E-state index in [9.17, 15) is 5.11 Å². The molecule has 0 aromatic heterocycles. The van der Waals surface area contributed by atoms with E-state index in [1.165, 1.54) is 18.4 Å². The normalized spacial score (nSPS) is 31.7. The number of hydrogen-bond donors (Lipinski definition) is 2. The lowest BCUT2D eigenvalue weighted by Gasteiger charge is -2.49. The second-order valence-electron chi connectivity index (χ2n) is 6.59. The third kappa shape index (κ3) is 3.19. The summed E-state index contributed by atoms with van der Waals surface area (Å²) in [5, 5.41) is 10.8. The molecule has 116 valence electrons. The molecular weight excluding hydrogens is 328 g/mol. The van der Waals surface area contributed by atoms with Gasteiger partial charge in [0, 0.05) is 36.1 Å². The minimum atomic E-state index is -0.409. The SMILES string of the molecule is NCC(c1ccc(Br)cc1)N1CCC2(O)CCCCC2C1. The van der Waals surface area contributed by atoms with Gasteiger partial charge >= 0.3 is 0 Å². The van der Waals surface area contributed by atoms with Gasteiger partial charge in [-0.25, -0.2) is 0 Å². The zero-order valence-electron chi connectivity index (χ0n) is 12.5. The number of likely N-dealkylation sites (tertiary alicyclic amines) is 1. The van der Waals surface area contributed by atoms with Crippen molar-refractivity contribution in [3.63, 3.8) is 0 Å². The van der Waals surface area contributed by atoms with Gasteiger partial charge < -0.3 is 10.8 Å². The zero-order chi connectivity index (χ0) is 14.9. The quantitative estimate of drug-likeness (QED) is 0.878. The van der Waals surface area contributed by atoms with Crippen LogP contribution < -0.4 is 5.73 Å². The van der Waals surface area contributed by atoms with Crippen molar-refractivity contribution in [2.75, 3.05) is 19.6 Å². The van der Waals surface area contributed by atoms with Crippen LogP contribution in [0.2, 0.25) is 0 Å². The van der Waals surface area contributed by atoms with Crippen LogP contribution in [0.25, 0.3) is 0 Å². The Morgan fingerprint density at radius 1 is 1.29 bits per heavy atom. The molecule has 1 saturated heterocycles. The summed E-state index contributed by atoms with van der Waals surface area (Å²) >= 11 is 3.49. The Bertz CT molecular complexity index is 478. The largest absolute Gasteiger partial charge is 0.390 e. The van der Waals surface area contributed by atoms with Crippen LogP contribution in [0.1, 0.15) is 43.7 Å². The maximum Gasteiger partial charge on any atom is 0.0700 e. The molecule has 3 N–H and O–H groups in total. The Labute approximate surface area is 135 Å². The fourth-order valence-electron chi connectivity index (χ4n) is 4.06. The van der Waals surface area contributed by atoms with Gasteiger partial charge in [-0.1, -0.05) is 40.9 Å². The first-order valence-corrected chi connectivity index (χ1v) is 8.84. The smallest absolute Gasteiger partial charge is 0.0700 e. The molecule has 1 aromatic rings. The summed E-state index contributed by atoms with van der Waals surface area (Å²) in [5.74, 6) is 0.421. The number of halogens is 1. The van der Waals surface area contributed by atoms with Crippen LogP contribution in [-0.2, 0) is 0 Å². The number of fused-ring (bicyclic) bond motifs is 1. The molecule has 3 nitrogen and oxygen atoms in total. The maximum atomic E-state index is 10.8. The molecule has 0 amide bonds. The third-order valence-corrected chi connectivity index (χ3v) is 5.91. The summed E-state index contributed by atoms with van der Waals surface area (Å²) in [7, 11) is 0. The number of aliphatic hydroxyl groups is 1. The van der Waals surface area contributed by atoms with Gasteiger partial charge in [0.25, 0.3) is 0 Å². The number of piperidine rings is 1. The van der Waals surface area contributed by atoms with Crippen molar-refractivity contribution in [3.8, 4) is 0 Å². The second-order valence-corrected chi connectivity index (χ2v) is 7.51. The lowest BCUT2D eigenvalue weighted by molar-refractivity contribution is -0.102. The molecular formula is C17H25BrN2O. The molecule has 1 heterocycles. The molecule has 1 aliphatic heterocycles. The number of rotatable bonds is 3. The Balaban J connectivity index is 1.75. The zero-order valence-corrected chi connectivity index (χ0v) is 14.1. The summed E-state index contributed by atoms with van der Waals surface area (Å²) in [6, 6.07) is 8.74. The molecule has 0 bridgehead atoms. The van der Waals surface area contributed by atoms with Crippen molar-refractivity contribution >= 4 is 15.9 Å². The van der Waals surface area contributed by atoms with E-state index in [0.717, 1.165) is 36.8 Å². The Morgan fingerprint density at radius 3 is 2.76 bits per heavy atom.